The predicted molar refractivity (Wildman–Crippen MR) is 68.4 cm³/mol. The van der Waals surface area contributed by atoms with E-state index < -0.39 is 0 Å². The van der Waals surface area contributed by atoms with Gasteiger partial charge in [-0.05, 0) is 12.5 Å². The highest BCUT2D eigenvalue weighted by Crippen LogP contribution is 2.22. The van der Waals surface area contributed by atoms with Crippen molar-refractivity contribution in [2.45, 2.75) is 13.0 Å². The number of methoxy groups -OCH3 is 2. The van der Waals surface area contributed by atoms with Crippen molar-refractivity contribution in [1.82, 2.24) is 14.8 Å². The molecule has 0 N–H and O–H groups in total. The van der Waals surface area contributed by atoms with Crippen LogP contribution in [0.25, 0.3) is 11.4 Å². The Balaban J connectivity index is 2.28. The summed E-state index contributed by atoms with van der Waals surface area (Å²) in [5, 5.41) is 4.30. The molecule has 0 saturated heterocycles. The first kappa shape index (κ1) is 12.6. The minimum Gasteiger partial charge on any atom is -0.467 e. The second kappa shape index (κ2) is 5.18. The van der Waals surface area contributed by atoms with Gasteiger partial charge in [0, 0.05) is 19.7 Å². The van der Waals surface area contributed by atoms with Gasteiger partial charge in [0.1, 0.15) is 0 Å². The van der Waals surface area contributed by atoms with Crippen LogP contribution in [0.2, 0.25) is 0 Å². The highest BCUT2D eigenvalue weighted by atomic mass is 16.5. The quantitative estimate of drug-likeness (QED) is 0.831. The van der Waals surface area contributed by atoms with E-state index in [1.54, 1.807) is 25.9 Å². The zero-order valence-electron chi connectivity index (χ0n) is 11.0. The van der Waals surface area contributed by atoms with E-state index in [4.69, 9.17) is 9.47 Å². The number of aryl methyl sites for hydroxylation is 1. The topological polar surface area (TPSA) is 49.2 Å². The molecule has 0 spiro atoms. The van der Waals surface area contributed by atoms with Crippen molar-refractivity contribution in [2.75, 3.05) is 14.2 Å². The highest BCUT2D eigenvalue weighted by Gasteiger charge is 2.10. The smallest absolute Gasteiger partial charge is 0.314 e. The van der Waals surface area contributed by atoms with Crippen molar-refractivity contribution in [2.24, 2.45) is 7.05 Å². The van der Waals surface area contributed by atoms with Gasteiger partial charge in [-0.25, -0.2) is 4.68 Å². The van der Waals surface area contributed by atoms with Gasteiger partial charge < -0.3 is 9.47 Å². The van der Waals surface area contributed by atoms with Crippen LogP contribution in [0.4, 0.5) is 0 Å². The maximum Gasteiger partial charge on any atom is 0.314 e. The summed E-state index contributed by atoms with van der Waals surface area (Å²) in [6, 6.07) is 8.51. The molecular weight excluding hydrogens is 230 g/mol. The van der Waals surface area contributed by atoms with Gasteiger partial charge in [-0.1, -0.05) is 24.3 Å². The molecule has 0 bridgehead atoms. The molecular formula is C13H17N3O2. The Morgan fingerprint density at radius 3 is 2.33 bits per heavy atom. The van der Waals surface area contributed by atoms with Crippen LogP contribution >= 0.6 is 0 Å². The molecule has 2 aromatic rings. The molecule has 5 heteroatoms. The molecule has 0 aliphatic heterocycles. The molecule has 2 rings (SSSR count). The van der Waals surface area contributed by atoms with Crippen LogP contribution in [0.3, 0.4) is 0 Å². The number of hydrogen-bond acceptors (Lipinski definition) is 4. The first-order chi connectivity index (χ1) is 8.65. The molecule has 1 aromatic heterocycles. The number of aromatic nitrogens is 3. The molecule has 0 aliphatic carbocycles. The zero-order valence-corrected chi connectivity index (χ0v) is 11.0. The fraction of sp³-hybridized carbons (Fsp3) is 0.385. The molecule has 96 valence electrons. The number of benzene rings is 1. The molecule has 0 amide bonds. The molecule has 18 heavy (non-hydrogen) atoms. The number of ether oxygens (including phenoxy) is 2. The van der Waals surface area contributed by atoms with Gasteiger partial charge in [0.2, 0.25) is 0 Å². The van der Waals surface area contributed by atoms with E-state index >= 15 is 0 Å². The summed E-state index contributed by atoms with van der Waals surface area (Å²) < 4.78 is 12.0. The standard InChI is InChI=1S/C13H17N3O2/c1-9(17-3)10-5-7-11(8-6-10)12-14-13(18-4)16(2)15-12/h5-9H,1-4H3/t9-/m1/s1. The van der Waals surface area contributed by atoms with Crippen molar-refractivity contribution in [3.05, 3.63) is 29.8 Å². The zero-order chi connectivity index (χ0) is 13.1. The maximum atomic E-state index is 5.27. The van der Waals surface area contributed by atoms with Crippen molar-refractivity contribution >= 4 is 0 Å². The van der Waals surface area contributed by atoms with Crippen molar-refractivity contribution in [3.8, 4) is 17.4 Å². The van der Waals surface area contributed by atoms with Crippen molar-refractivity contribution < 1.29 is 9.47 Å². The Morgan fingerprint density at radius 2 is 1.83 bits per heavy atom. The maximum absolute atomic E-state index is 5.27. The van der Waals surface area contributed by atoms with E-state index in [2.05, 4.69) is 10.1 Å². The second-order valence-corrected chi connectivity index (χ2v) is 4.05. The van der Waals surface area contributed by atoms with Crippen LogP contribution in [0.1, 0.15) is 18.6 Å². The molecule has 0 unspecified atom stereocenters. The third kappa shape index (κ3) is 2.36. The molecule has 0 radical (unpaired) electrons. The first-order valence-electron chi connectivity index (χ1n) is 5.74. The molecule has 5 nitrogen and oxygen atoms in total. The van der Waals surface area contributed by atoms with Crippen LogP contribution < -0.4 is 4.74 Å². The molecule has 0 saturated carbocycles. The Morgan fingerprint density at radius 1 is 1.17 bits per heavy atom. The normalized spacial score (nSPS) is 12.4. The molecule has 0 fully saturated rings. The highest BCUT2D eigenvalue weighted by molar-refractivity contribution is 5.55. The van der Waals surface area contributed by atoms with E-state index in [0.717, 1.165) is 11.1 Å². The summed E-state index contributed by atoms with van der Waals surface area (Å²) in [5.74, 6) is 0.658. The van der Waals surface area contributed by atoms with Crippen LogP contribution in [-0.2, 0) is 11.8 Å². The summed E-state index contributed by atoms with van der Waals surface area (Å²) in [6.45, 7) is 2.01. The van der Waals surface area contributed by atoms with Gasteiger partial charge in [-0.2, -0.15) is 4.98 Å². The monoisotopic (exact) mass is 247 g/mol. The molecule has 1 aromatic carbocycles. The fourth-order valence-corrected chi connectivity index (χ4v) is 1.71. The summed E-state index contributed by atoms with van der Waals surface area (Å²) in [4.78, 5) is 4.29. The van der Waals surface area contributed by atoms with Gasteiger partial charge in [-0.3, -0.25) is 0 Å². The van der Waals surface area contributed by atoms with Gasteiger partial charge in [0.25, 0.3) is 0 Å². The van der Waals surface area contributed by atoms with Crippen molar-refractivity contribution in [3.63, 3.8) is 0 Å². The van der Waals surface area contributed by atoms with E-state index in [1.165, 1.54) is 0 Å². The summed E-state index contributed by atoms with van der Waals surface area (Å²) >= 11 is 0. The minimum absolute atomic E-state index is 0.0882. The Bertz CT molecular complexity index is 520. The lowest BCUT2D eigenvalue weighted by atomic mass is 10.1. The second-order valence-electron chi connectivity index (χ2n) is 4.05. The Kier molecular flexibility index (Phi) is 3.62. The van der Waals surface area contributed by atoms with Crippen LogP contribution in [0.15, 0.2) is 24.3 Å². The lowest BCUT2D eigenvalue weighted by Gasteiger charge is -2.09. The summed E-state index contributed by atoms with van der Waals surface area (Å²) in [7, 11) is 5.08. The van der Waals surface area contributed by atoms with E-state index in [-0.39, 0.29) is 6.10 Å². The third-order valence-corrected chi connectivity index (χ3v) is 2.90. The summed E-state index contributed by atoms with van der Waals surface area (Å²) in [6.07, 6.45) is 0.0882. The van der Waals surface area contributed by atoms with Crippen LogP contribution in [0, 0.1) is 0 Å². The van der Waals surface area contributed by atoms with Gasteiger partial charge >= 0.3 is 6.01 Å². The van der Waals surface area contributed by atoms with Gasteiger partial charge in [-0.15, -0.1) is 5.10 Å². The number of hydrogen-bond donors (Lipinski definition) is 0. The molecule has 1 heterocycles. The predicted octanol–water partition coefficient (Wildman–Crippen LogP) is 2.20. The fourth-order valence-electron chi connectivity index (χ4n) is 1.71. The SMILES string of the molecule is COc1nc(-c2ccc([C@@H](C)OC)cc2)nn1C. The average molecular weight is 247 g/mol. The lowest BCUT2D eigenvalue weighted by molar-refractivity contribution is 0.119. The molecule has 0 aliphatic rings. The number of nitrogens with zero attached hydrogens (tertiary/aromatic N) is 3. The van der Waals surface area contributed by atoms with E-state index in [1.807, 2.05) is 31.2 Å². The average Bonchev–Trinajstić information content (AvgIpc) is 2.79. The Hall–Kier alpha value is -1.88. The van der Waals surface area contributed by atoms with Crippen molar-refractivity contribution in [1.29, 1.82) is 0 Å². The van der Waals surface area contributed by atoms with Crippen LogP contribution in [0.5, 0.6) is 6.01 Å². The van der Waals surface area contributed by atoms with E-state index in [0.29, 0.717) is 11.8 Å². The minimum atomic E-state index is 0.0882. The third-order valence-electron chi connectivity index (χ3n) is 2.90. The Labute approximate surface area is 106 Å². The first-order valence-corrected chi connectivity index (χ1v) is 5.74. The van der Waals surface area contributed by atoms with E-state index in [9.17, 15) is 0 Å². The molecule has 1 atom stereocenters. The summed E-state index contributed by atoms with van der Waals surface area (Å²) in [5.41, 5.74) is 2.09. The van der Waals surface area contributed by atoms with Crippen LogP contribution in [-0.4, -0.2) is 29.0 Å². The number of rotatable bonds is 4. The van der Waals surface area contributed by atoms with Gasteiger partial charge in [0.15, 0.2) is 5.82 Å². The largest absolute Gasteiger partial charge is 0.467 e. The lowest BCUT2D eigenvalue weighted by Crippen LogP contribution is -1.95. The van der Waals surface area contributed by atoms with Gasteiger partial charge in [0.05, 0.1) is 13.2 Å².